The molecule has 0 aromatic heterocycles. The van der Waals surface area contributed by atoms with Crippen molar-refractivity contribution in [1.82, 2.24) is 0 Å². The number of benzene rings is 2. The molecule has 2 aromatic carbocycles. The van der Waals surface area contributed by atoms with Crippen LogP contribution in [0.1, 0.15) is 22.8 Å². The van der Waals surface area contributed by atoms with E-state index in [0.29, 0.717) is 6.07 Å². The van der Waals surface area contributed by atoms with Crippen molar-refractivity contribution in [2.24, 2.45) is 0 Å². The van der Waals surface area contributed by atoms with E-state index in [4.69, 9.17) is 21.1 Å². The summed E-state index contributed by atoms with van der Waals surface area (Å²) in [5.41, 5.74) is -3.67. The summed E-state index contributed by atoms with van der Waals surface area (Å²) in [6.45, 7) is 0.480. The van der Waals surface area contributed by atoms with E-state index in [1.54, 1.807) is 6.07 Å². The largest absolute Gasteiger partial charge is 0.488 e. The topological polar surface area (TPSA) is 72.8 Å². The van der Waals surface area contributed by atoms with E-state index in [9.17, 15) is 27.9 Å². The Labute approximate surface area is 163 Å². The predicted octanol–water partition coefficient (Wildman–Crippen LogP) is 3.91. The maximum atomic E-state index is 12.7. The number of esters is 1. The quantitative estimate of drug-likeness (QED) is 0.421. The third-order valence-electron chi connectivity index (χ3n) is 3.72. The Balaban J connectivity index is 2.29. The maximum absolute atomic E-state index is 12.7. The highest BCUT2D eigenvalue weighted by atomic mass is 35.5. The van der Waals surface area contributed by atoms with Gasteiger partial charge in [0.1, 0.15) is 12.4 Å². The lowest BCUT2D eigenvalue weighted by Gasteiger charge is -2.25. The van der Waals surface area contributed by atoms with Crippen molar-refractivity contribution in [3.8, 4) is 5.75 Å². The zero-order chi connectivity index (χ0) is 20.9. The second-order valence-electron chi connectivity index (χ2n) is 5.71. The number of rotatable bonds is 7. The molecular formula is C19H16ClF3O5. The number of ether oxygens (including phenoxy) is 2. The van der Waals surface area contributed by atoms with E-state index < -0.39 is 40.7 Å². The van der Waals surface area contributed by atoms with Gasteiger partial charge in [-0.1, -0.05) is 41.9 Å². The first-order valence-corrected chi connectivity index (χ1v) is 8.46. The minimum Gasteiger partial charge on any atom is -0.488 e. The van der Waals surface area contributed by atoms with E-state index in [0.717, 1.165) is 12.1 Å². The van der Waals surface area contributed by atoms with Gasteiger partial charge in [-0.15, -0.1) is 0 Å². The van der Waals surface area contributed by atoms with Gasteiger partial charge in [-0.25, -0.2) is 4.79 Å². The summed E-state index contributed by atoms with van der Waals surface area (Å²) < 4.78 is 48.1. The molecule has 0 bridgehead atoms. The lowest BCUT2D eigenvalue weighted by Crippen LogP contribution is -2.52. The number of halogens is 4. The van der Waals surface area contributed by atoms with Gasteiger partial charge in [0.25, 0.3) is 5.60 Å². The molecular weight excluding hydrogens is 401 g/mol. The van der Waals surface area contributed by atoms with Crippen LogP contribution in [0.15, 0.2) is 48.5 Å². The highest BCUT2D eigenvalue weighted by molar-refractivity contribution is 6.32. The molecule has 2 aromatic rings. The van der Waals surface area contributed by atoms with Crippen LogP contribution >= 0.6 is 11.6 Å². The average Bonchev–Trinajstić information content (AvgIpc) is 2.66. The van der Waals surface area contributed by atoms with Gasteiger partial charge in [0.05, 0.1) is 17.2 Å². The fraction of sp³-hybridized carbons (Fsp3) is 0.263. The number of hydrogen-bond acceptors (Lipinski definition) is 5. The van der Waals surface area contributed by atoms with E-state index in [2.05, 4.69) is 0 Å². The second-order valence-corrected chi connectivity index (χ2v) is 6.11. The van der Waals surface area contributed by atoms with E-state index >= 15 is 0 Å². The van der Waals surface area contributed by atoms with Crippen LogP contribution in [0.4, 0.5) is 13.2 Å². The molecule has 5 nitrogen and oxygen atoms in total. The Hall–Kier alpha value is -2.58. The third-order valence-corrected chi connectivity index (χ3v) is 4.02. The fourth-order valence-corrected chi connectivity index (χ4v) is 2.51. The third kappa shape index (κ3) is 4.82. The molecule has 2 rings (SSSR count). The van der Waals surface area contributed by atoms with Crippen LogP contribution in [0.2, 0.25) is 5.02 Å². The highest BCUT2D eigenvalue weighted by Gasteiger charge is 2.47. The number of Topliss-reactive ketones (excluding diaryl/α,β-unsaturated/α-hetero) is 1. The summed E-state index contributed by atoms with van der Waals surface area (Å²) in [6.07, 6.45) is -4.60. The van der Waals surface area contributed by atoms with E-state index in [1.807, 2.05) is 0 Å². The van der Waals surface area contributed by atoms with Gasteiger partial charge in [0.15, 0.2) is 0 Å². The van der Waals surface area contributed by atoms with E-state index in [1.165, 1.54) is 31.2 Å². The lowest BCUT2D eigenvalue weighted by atomic mass is 9.93. The number of carbonyl (C=O) groups is 2. The first-order chi connectivity index (χ1) is 13.1. The summed E-state index contributed by atoms with van der Waals surface area (Å²) in [7, 11) is 0. The molecule has 1 N–H and O–H groups in total. The number of hydrogen-bond donors (Lipinski definition) is 1. The Morgan fingerprint density at radius 3 is 2.29 bits per heavy atom. The Morgan fingerprint density at radius 2 is 1.75 bits per heavy atom. The number of alkyl halides is 3. The normalized spacial score (nSPS) is 13.5. The van der Waals surface area contributed by atoms with E-state index in [-0.39, 0.29) is 17.9 Å². The molecule has 1 atom stereocenters. The second kappa shape index (κ2) is 8.62. The van der Waals surface area contributed by atoms with Gasteiger partial charge < -0.3 is 14.6 Å². The van der Waals surface area contributed by atoms with Crippen LogP contribution in [-0.2, 0) is 15.7 Å². The zero-order valence-electron chi connectivity index (χ0n) is 14.6. The van der Waals surface area contributed by atoms with Crippen LogP contribution in [0.3, 0.4) is 0 Å². The Morgan fingerprint density at radius 1 is 1.11 bits per heavy atom. The number of ketones is 1. The zero-order valence-corrected chi connectivity index (χ0v) is 15.4. The molecule has 0 unspecified atom stereocenters. The van der Waals surface area contributed by atoms with Gasteiger partial charge >= 0.3 is 12.1 Å². The van der Waals surface area contributed by atoms with Gasteiger partial charge in [0.2, 0.25) is 5.78 Å². The van der Waals surface area contributed by atoms with Crippen molar-refractivity contribution in [3.63, 3.8) is 0 Å². The van der Waals surface area contributed by atoms with Crippen molar-refractivity contribution in [2.45, 2.75) is 18.7 Å². The maximum Gasteiger partial charge on any atom is 0.416 e. The minimum atomic E-state index is -4.60. The molecule has 0 radical (unpaired) electrons. The summed E-state index contributed by atoms with van der Waals surface area (Å²) in [5, 5.41) is 10.3. The molecule has 0 saturated carbocycles. The number of carbonyl (C=O) groups excluding carboxylic acids is 2. The van der Waals surface area contributed by atoms with Crippen LogP contribution < -0.4 is 4.74 Å². The van der Waals surface area contributed by atoms with Crippen molar-refractivity contribution >= 4 is 23.4 Å². The van der Waals surface area contributed by atoms with Gasteiger partial charge in [-0.3, -0.25) is 4.79 Å². The SMILES string of the molecule is CCOC(=O)[C@@](O)(COc1ccc(C(F)(F)F)cc1Cl)C(=O)c1ccccc1. The van der Waals surface area contributed by atoms with Crippen LogP contribution in [-0.4, -0.2) is 35.7 Å². The Bertz CT molecular complexity index is 854. The van der Waals surface area contributed by atoms with Crippen LogP contribution in [0, 0.1) is 0 Å². The first-order valence-electron chi connectivity index (χ1n) is 8.08. The van der Waals surface area contributed by atoms with Crippen molar-refractivity contribution in [3.05, 3.63) is 64.7 Å². The number of aliphatic hydroxyl groups is 1. The molecule has 0 heterocycles. The monoisotopic (exact) mass is 416 g/mol. The molecule has 0 spiro atoms. The Kier molecular flexibility index (Phi) is 6.69. The first kappa shape index (κ1) is 21.7. The lowest BCUT2D eigenvalue weighted by molar-refractivity contribution is -0.162. The molecule has 0 saturated heterocycles. The van der Waals surface area contributed by atoms with Gasteiger partial charge in [0, 0.05) is 5.56 Å². The van der Waals surface area contributed by atoms with Gasteiger partial charge in [-0.05, 0) is 25.1 Å². The predicted molar refractivity (Wildman–Crippen MR) is 94.3 cm³/mol. The van der Waals surface area contributed by atoms with Crippen molar-refractivity contribution < 1.29 is 37.3 Å². The van der Waals surface area contributed by atoms with Crippen molar-refractivity contribution in [1.29, 1.82) is 0 Å². The fourth-order valence-electron chi connectivity index (χ4n) is 2.27. The molecule has 0 aliphatic rings. The van der Waals surface area contributed by atoms with Crippen LogP contribution in [0.5, 0.6) is 5.75 Å². The summed E-state index contributed by atoms with van der Waals surface area (Å²) >= 11 is 5.79. The summed E-state index contributed by atoms with van der Waals surface area (Å²) in [5.74, 6) is -2.46. The highest BCUT2D eigenvalue weighted by Crippen LogP contribution is 2.35. The van der Waals surface area contributed by atoms with Crippen LogP contribution in [0.25, 0.3) is 0 Å². The molecule has 150 valence electrons. The molecule has 0 aliphatic carbocycles. The molecule has 28 heavy (non-hydrogen) atoms. The molecule has 9 heteroatoms. The average molecular weight is 417 g/mol. The summed E-state index contributed by atoms with van der Waals surface area (Å²) in [4.78, 5) is 24.9. The molecule has 0 amide bonds. The summed E-state index contributed by atoms with van der Waals surface area (Å²) in [6, 6.07) is 9.78. The molecule has 0 fully saturated rings. The molecule has 0 aliphatic heterocycles. The standard InChI is InChI=1S/C19H16ClF3O5/c1-2-27-17(25)18(26,16(24)12-6-4-3-5-7-12)11-28-15-9-8-13(10-14(15)20)19(21,22)23/h3-10,26H,2,11H2,1H3/t18-/m1/s1. The van der Waals surface area contributed by atoms with Crippen molar-refractivity contribution in [2.75, 3.05) is 13.2 Å². The van der Waals surface area contributed by atoms with Gasteiger partial charge in [-0.2, -0.15) is 13.2 Å². The smallest absolute Gasteiger partial charge is 0.416 e. The minimum absolute atomic E-state index is 0.0279.